The molecule has 0 fully saturated rings. The molecule has 3 aromatic carbocycles. The Balaban J connectivity index is 2.29. The third-order valence-electron chi connectivity index (χ3n) is 3.48. The molecule has 0 heterocycles. The van der Waals surface area contributed by atoms with Crippen molar-refractivity contribution in [1.29, 1.82) is 0 Å². The molecule has 0 N–H and O–H groups in total. The van der Waals surface area contributed by atoms with E-state index in [1.165, 1.54) is 33.4 Å². The zero-order valence-corrected chi connectivity index (χ0v) is 11.8. The predicted octanol–water partition coefficient (Wildman–Crippen LogP) is 5.24. The van der Waals surface area contributed by atoms with E-state index in [0.29, 0.717) is 0 Å². The zero-order valence-electron chi connectivity index (χ0n) is 11.8. The van der Waals surface area contributed by atoms with Crippen LogP contribution in [0.2, 0.25) is 0 Å². The van der Waals surface area contributed by atoms with Crippen molar-refractivity contribution in [3.63, 3.8) is 0 Å². The maximum Gasteiger partial charge on any atom is -0.00697 e. The Morgan fingerprint density at radius 1 is 0.800 bits per heavy atom. The van der Waals surface area contributed by atoms with Crippen LogP contribution in [0.3, 0.4) is 0 Å². The first-order valence-electron chi connectivity index (χ1n) is 6.81. The summed E-state index contributed by atoms with van der Waals surface area (Å²) in [6.07, 6.45) is 0. The molecule has 0 aliphatic carbocycles. The Bertz CT molecular complexity index is 710. The van der Waals surface area contributed by atoms with Crippen LogP contribution in [0.4, 0.5) is 0 Å². The van der Waals surface area contributed by atoms with Gasteiger partial charge in [-0.1, -0.05) is 60.7 Å². The van der Waals surface area contributed by atoms with E-state index in [4.69, 9.17) is 0 Å². The fourth-order valence-electron chi connectivity index (χ4n) is 2.66. The van der Waals surface area contributed by atoms with Gasteiger partial charge in [-0.25, -0.2) is 0 Å². The quantitative estimate of drug-likeness (QED) is 0.588. The van der Waals surface area contributed by atoms with Crippen molar-refractivity contribution in [2.24, 2.45) is 0 Å². The van der Waals surface area contributed by atoms with E-state index >= 15 is 0 Å². The average Bonchev–Trinajstić information content (AvgIpc) is 2.48. The van der Waals surface area contributed by atoms with Gasteiger partial charge in [-0.05, 0) is 59.4 Å². The first-order chi connectivity index (χ1) is 9.75. The lowest BCUT2D eigenvalue weighted by molar-refractivity contribution is 1.37. The number of aryl methyl sites for hydroxylation is 2. The van der Waals surface area contributed by atoms with E-state index in [9.17, 15) is 0 Å². The van der Waals surface area contributed by atoms with Gasteiger partial charge in [0.25, 0.3) is 0 Å². The summed E-state index contributed by atoms with van der Waals surface area (Å²) < 4.78 is 0. The highest BCUT2D eigenvalue weighted by atomic mass is 14.1. The maximum atomic E-state index is 3.44. The summed E-state index contributed by atoms with van der Waals surface area (Å²) in [5.41, 5.74) is 7.36. The predicted molar refractivity (Wildman–Crippen MR) is 84.5 cm³/mol. The van der Waals surface area contributed by atoms with Gasteiger partial charge in [0.1, 0.15) is 0 Å². The van der Waals surface area contributed by atoms with E-state index in [0.717, 1.165) is 0 Å². The summed E-state index contributed by atoms with van der Waals surface area (Å²) in [4.78, 5) is 0. The number of rotatable bonds is 2. The zero-order chi connectivity index (χ0) is 13.9. The summed E-state index contributed by atoms with van der Waals surface area (Å²) in [5.74, 6) is 0. The highest BCUT2D eigenvalue weighted by molar-refractivity contribution is 5.85. The number of hydrogen-bond acceptors (Lipinski definition) is 0. The number of benzene rings is 3. The van der Waals surface area contributed by atoms with E-state index in [2.05, 4.69) is 74.5 Å². The van der Waals surface area contributed by atoms with Crippen LogP contribution in [0.15, 0.2) is 60.7 Å². The van der Waals surface area contributed by atoms with Crippen molar-refractivity contribution in [2.75, 3.05) is 0 Å². The van der Waals surface area contributed by atoms with Gasteiger partial charge in [0, 0.05) is 0 Å². The minimum Gasteiger partial charge on any atom is -0.0622 e. The summed E-state index contributed by atoms with van der Waals surface area (Å²) >= 11 is 0. The molecule has 96 valence electrons. The SMILES string of the molecule is Cc1[c]c(C)c(-c2cc[c]cc2)c(-c2ccccc2)c1. The van der Waals surface area contributed by atoms with E-state index in [-0.39, 0.29) is 0 Å². The second-order valence-electron chi connectivity index (χ2n) is 5.02. The fraction of sp³-hybridized carbons (Fsp3) is 0.100. The van der Waals surface area contributed by atoms with Gasteiger partial charge >= 0.3 is 0 Å². The number of hydrogen-bond donors (Lipinski definition) is 0. The third kappa shape index (κ3) is 2.37. The van der Waals surface area contributed by atoms with Crippen LogP contribution in [0, 0.1) is 26.0 Å². The summed E-state index contributed by atoms with van der Waals surface area (Å²) in [6, 6.07) is 27.4. The van der Waals surface area contributed by atoms with Crippen molar-refractivity contribution < 1.29 is 0 Å². The summed E-state index contributed by atoms with van der Waals surface area (Å²) in [7, 11) is 0. The summed E-state index contributed by atoms with van der Waals surface area (Å²) in [6.45, 7) is 4.23. The van der Waals surface area contributed by atoms with Crippen LogP contribution in [0.5, 0.6) is 0 Å². The third-order valence-corrected chi connectivity index (χ3v) is 3.48. The molecule has 0 saturated carbocycles. The van der Waals surface area contributed by atoms with E-state index in [1.807, 2.05) is 12.1 Å². The molecule has 0 unspecified atom stereocenters. The molecule has 0 heteroatoms. The monoisotopic (exact) mass is 256 g/mol. The van der Waals surface area contributed by atoms with Gasteiger partial charge in [0.15, 0.2) is 0 Å². The van der Waals surface area contributed by atoms with Gasteiger partial charge in [-0.2, -0.15) is 0 Å². The Morgan fingerprint density at radius 3 is 2.20 bits per heavy atom. The molecule has 0 aliphatic heterocycles. The smallest absolute Gasteiger partial charge is 0.00697 e. The van der Waals surface area contributed by atoms with Crippen LogP contribution >= 0.6 is 0 Å². The Labute approximate surface area is 120 Å². The lowest BCUT2D eigenvalue weighted by Crippen LogP contribution is -1.91. The highest BCUT2D eigenvalue weighted by Crippen LogP contribution is 2.35. The molecule has 0 aliphatic rings. The van der Waals surface area contributed by atoms with Crippen molar-refractivity contribution in [1.82, 2.24) is 0 Å². The molecular weight excluding hydrogens is 240 g/mol. The van der Waals surface area contributed by atoms with Crippen molar-refractivity contribution in [2.45, 2.75) is 13.8 Å². The Kier molecular flexibility index (Phi) is 3.39. The normalized spacial score (nSPS) is 10.5. The molecule has 0 atom stereocenters. The topological polar surface area (TPSA) is 0 Å². The largest absolute Gasteiger partial charge is 0.0622 e. The van der Waals surface area contributed by atoms with Crippen molar-refractivity contribution >= 4 is 0 Å². The lowest BCUT2D eigenvalue weighted by Gasteiger charge is -2.14. The standard InChI is InChI=1S/C20H16/c1-15-13-16(2)20(18-11-7-4-8-12-18)19(14-15)17-9-5-3-6-10-17/h3,5-12,14H,1-2H3. The van der Waals surface area contributed by atoms with E-state index < -0.39 is 0 Å². The van der Waals surface area contributed by atoms with Crippen LogP contribution in [-0.2, 0) is 0 Å². The molecule has 0 bridgehead atoms. The summed E-state index contributed by atoms with van der Waals surface area (Å²) in [5, 5.41) is 0. The molecule has 0 spiro atoms. The van der Waals surface area contributed by atoms with Crippen molar-refractivity contribution in [3.8, 4) is 22.3 Å². The molecule has 0 aromatic heterocycles. The van der Waals surface area contributed by atoms with Gasteiger partial charge < -0.3 is 0 Å². The second-order valence-corrected chi connectivity index (χ2v) is 5.02. The minimum atomic E-state index is 1.17. The maximum absolute atomic E-state index is 3.44. The molecule has 2 radical (unpaired) electrons. The van der Waals surface area contributed by atoms with Gasteiger partial charge in [0.2, 0.25) is 0 Å². The second kappa shape index (κ2) is 5.34. The minimum absolute atomic E-state index is 1.17. The van der Waals surface area contributed by atoms with Crippen LogP contribution in [0.25, 0.3) is 22.3 Å². The molecular formula is C20H16. The van der Waals surface area contributed by atoms with Crippen LogP contribution < -0.4 is 0 Å². The first kappa shape index (κ1) is 12.7. The molecule has 3 aromatic rings. The van der Waals surface area contributed by atoms with Crippen molar-refractivity contribution in [3.05, 3.63) is 83.9 Å². The Hall–Kier alpha value is -2.34. The average molecular weight is 256 g/mol. The molecule has 0 nitrogen and oxygen atoms in total. The van der Waals surface area contributed by atoms with Gasteiger partial charge in [-0.15, -0.1) is 0 Å². The van der Waals surface area contributed by atoms with E-state index in [1.54, 1.807) is 0 Å². The van der Waals surface area contributed by atoms with Crippen LogP contribution in [-0.4, -0.2) is 0 Å². The molecule has 0 amide bonds. The van der Waals surface area contributed by atoms with Crippen LogP contribution in [0.1, 0.15) is 11.1 Å². The Morgan fingerprint density at radius 2 is 1.50 bits per heavy atom. The molecule has 3 rings (SSSR count). The molecule has 20 heavy (non-hydrogen) atoms. The van der Waals surface area contributed by atoms with Gasteiger partial charge in [0.05, 0.1) is 0 Å². The lowest BCUT2D eigenvalue weighted by atomic mass is 9.89. The fourth-order valence-corrected chi connectivity index (χ4v) is 2.66. The first-order valence-corrected chi connectivity index (χ1v) is 6.81. The van der Waals surface area contributed by atoms with Gasteiger partial charge in [-0.3, -0.25) is 0 Å². The highest BCUT2D eigenvalue weighted by Gasteiger charge is 2.11. The molecule has 0 saturated heterocycles.